The van der Waals surface area contributed by atoms with Gasteiger partial charge in [-0.15, -0.1) is 0 Å². The molecule has 9 aromatic carbocycles. The van der Waals surface area contributed by atoms with Gasteiger partial charge in [0.05, 0.1) is 22.4 Å². The van der Waals surface area contributed by atoms with Crippen LogP contribution in [0.25, 0.3) is 82.5 Å². The zero-order valence-corrected chi connectivity index (χ0v) is 29.9. The largest absolute Gasteiger partial charge is 0.456 e. The molecule has 0 aliphatic rings. The van der Waals surface area contributed by atoms with E-state index in [0.717, 1.165) is 61.4 Å². The van der Waals surface area contributed by atoms with Crippen molar-refractivity contribution < 1.29 is 4.42 Å². The highest BCUT2D eigenvalue weighted by atomic mass is 16.3. The Bertz CT molecular complexity index is 3160. The average Bonchev–Trinajstić information content (AvgIpc) is 3.80. The maximum Gasteiger partial charge on any atom is 0.136 e. The average molecular weight is 703 g/mol. The first-order valence-electron chi connectivity index (χ1n) is 18.8. The Kier molecular flexibility index (Phi) is 7.17. The highest BCUT2D eigenvalue weighted by Gasteiger charge is 2.20. The number of rotatable bonds is 6. The molecule has 11 rings (SSSR count). The fourth-order valence-corrected chi connectivity index (χ4v) is 8.45. The van der Waals surface area contributed by atoms with Crippen LogP contribution >= 0.6 is 0 Å². The summed E-state index contributed by atoms with van der Waals surface area (Å²) in [7, 11) is 0. The highest BCUT2D eigenvalue weighted by Crippen LogP contribution is 2.45. The molecule has 0 radical (unpaired) electrons. The van der Waals surface area contributed by atoms with Crippen molar-refractivity contribution >= 4 is 71.6 Å². The number of hydrogen-bond donors (Lipinski definition) is 0. The van der Waals surface area contributed by atoms with Crippen molar-refractivity contribution in [1.82, 2.24) is 4.57 Å². The molecule has 2 aromatic heterocycles. The van der Waals surface area contributed by atoms with E-state index in [9.17, 15) is 0 Å². The minimum absolute atomic E-state index is 0.887. The van der Waals surface area contributed by atoms with E-state index in [1.165, 1.54) is 38.1 Å². The van der Waals surface area contributed by atoms with Crippen molar-refractivity contribution in [2.75, 3.05) is 4.90 Å². The Morgan fingerprint density at radius 2 is 0.964 bits per heavy atom. The zero-order valence-electron chi connectivity index (χ0n) is 29.9. The fraction of sp³-hybridized carbons (Fsp3) is 0. The van der Waals surface area contributed by atoms with E-state index in [2.05, 4.69) is 204 Å². The number of nitrogens with zero attached hydrogens (tertiary/aromatic N) is 2. The van der Waals surface area contributed by atoms with Gasteiger partial charge < -0.3 is 13.9 Å². The number of para-hydroxylation sites is 4. The monoisotopic (exact) mass is 702 g/mol. The van der Waals surface area contributed by atoms with E-state index in [1.807, 2.05) is 12.1 Å². The van der Waals surface area contributed by atoms with Crippen molar-refractivity contribution in [3.63, 3.8) is 0 Å². The molecule has 0 saturated carbocycles. The molecule has 55 heavy (non-hydrogen) atoms. The predicted molar refractivity (Wildman–Crippen MR) is 231 cm³/mol. The lowest BCUT2D eigenvalue weighted by Gasteiger charge is -2.29. The van der Waals surface area contributed by atoms with Gasteiger partial charge in [0.2, 0.25) is 0 Å². The van der Waals surface area contributed by atoms with Crippen molar-refractivity contribution in [2.24, 2.45) is 0 Å². The molecule has 3 heteroatoms. The lowest BCUT2D eigenvalue weighted by molar-refractivity contribution is 0.669. The van der Waals surface area contributed by atoms with Gasteiger partial charge in [0.15, 0.2) is 0 Å². The molecule has 0 unspecified atom stereocenters. The van der Waals surface area contributed by atoms with Crippen LogP contribution in [-0.2, 0) is 0 Å². The first-order valence-corrected chi connectivity index (χ1v) is 18.8. The summed E-state index contributed by atoms with van der Waals surface area (Å²) in [6.45, 7) is 0. The van der Waals surface area contributed by atoms with Crippen molar-refractivity contribution in [1.29, 1.82) is 0 Å². The molecule has 0 aliphatic carbocycles. The van der Waals surface area contributed by atoms with Crippen LogP contribution in [0.2, 0.25) is 0 Å². The van der Waals surface area contributed by atoms with Gasteiger partial charge in [0, 0.05) is 43.9 Å². The van der Waals surface area contributed by atoms with E-state index in [-0.39, 0.29) is 0 Å². The molecule has 3 nitrogen and oxygen atoms in total. The number of benzene rings is 9. The SMILES string of the molecule is c1cc(-c2ccc(N(c3ccccc3-c3ccc4c(c3)oc3ccccc34)c3cccc4ccccc34)cc2)cc(-n2c3ccccc3c3ccccc32)c1. The fourth-order valence-electron chi connectivity index (χ4n) is 8.45. The first kappa shape index (κ1) is 31.2. The van der Waals surface area contributed by atoms with Crippen LogP contribution in [0.4, 0.5) is 17.1 Å². The summed E-state index contributed by atoms with van der Waals surface area (Å²) in [5.74, 6) is 0. The number of aromatic nitrogens is 1. The summed E-state index contributed by atoms with van der Waals surface area (Å²) in [5.41, 5.74) is 13.2. The Labute approximate surface area is 318 Å². The number of fused-ring (bicyclic) bond motifs is 7. The van der Waals surface area contributed by atoms with Crippen molar-refractivity contribution in [2.45, 2.75) is 0 Å². The smallest absolute Gasteiger partial charge is 0.136 e. The van der Waals surface area contributed by atoms with Crippen LogP contribution in [0.3, 0.4) is 0 Å². The summed E-state index contributed by atoms with van der Waals surface area (Å²) in [4.78, 5) is 2.40. The normalized spacial score (nSPS) is 11.6. The topological polar surface area (TPSA) is 21.3 Å². The van der Waals surface area contributed by atoms with E-state index < -0.39 is 0 Å². The molecule has 0 amide bonds. The molecule has 0 atom stereocenters. The van der Waals surface area contributed by atoms with Gasteiger partial charge in [-0.05, 0) is 88.8 Å². The van der Waals surface area contributed by atoms with E-state index in [4.69, 9.17) is 4.42 Å². The van der Waals surface area contributed by atoms with Crippen molar-refractivity contribution in [3.8, 4) is 27.9 Å². The maximum absolute atomic E-state index is 6.36. The van der Waals surface area contributed by atoms with Crippen LogP contribution in [0.15, 0.2) is 211 Å². The Balaban J connectivity index is 1.04. The molecule has 0 spiro atoms. The molecule has 0 saturated heterocycles. The molecule has 0 aliphatic heterocycles. The van der Waals surface area contributed by atoms with Gasteiger partial charge in [0.25, 0.3) is 0 Å². The lowest BCUT2D eigenvalue weighted by atomic mass is 9.99. The van der Waals surface area contributed by atoms with Crippen LogP contribution < -0.4 is 4.90 Å². The Hall–Kier alpha value is -7.36. The Morgan fingerprint density at radius 3 is 1.78 bits per heavy atom. The third-order valence-electron chi connectivity index (χ3n) is 11.0. The van der Waals surface area contributed by atoms with Gasteiger partial charge in [-0.1, -0.05) is 140 Å². The van der Waals surface area contributed by atoms with Crippen LogP contribution in [-0.4, -0.2) is 4.57 Å². The van der Waals surface area contributed by atoms with Gasteiger partial charge in [-0.2, -0.15) is 0 Å². The molecular weight excluding hydrogens is 669 g/mol. The van der Waals surface area contributed by atoms with Gasteiger partial charge in [0.1, 0.15) is 11.2 Å². The van der Waals surface area contributed by atoms with E-state index in [1.54, 1.807) is 0 Å². The minimum Gasteiger partial charge on any atom is -0.456 e. The van der Waals surface area contributed by atoms with Crippen LogP contribution in [0.1, 0.15) is 0 Å². The van der Waals surface area contributed by atoms with E-state index in [0.29, 0.717) is 0 Å². The summed E-state index contributed by atoms with van der Waals surface area (Å²) in [5, 5.41) is 7.18. The third-order valence-corrected chi connectivity index (χ3v) is 11.0. The molecule has 0 N–H and O–H groups in total. The summed E-state index contributed by atoms with van der Waals surface area (Å²) < 4.78 is 8.74. The number of furan rings is 1. The molecule has 258 valence electrons. The summed E-state index contributed by atoms with van der Waals surface area (Å²) in [6, 6.07) is 74.0. The van der Waals surface area contributed by atoms with Crippen molar-refractivity contribution in [3.05, 3.63) is 206 Å². The second kappa shape index (κ2) is 12.6. The molecule has 2 heterocycles. The molecule has 11 aromatic rings. The molecule has 0 bridgehead atoms. The summed E-state index contributed by atoms with van der Waals surface area (Å²) >= 11 is 0. The Morgan fingerprint density at radius 1 is 0.364 bits per heavy atom. The first-order chi connectivity index (χ1) is 27.3. The lowest BCUT2D eigenvalue weighted by Crippen LogP contribution is -2.11. The zero-order chi connectivity index (χ0) is 36.3. The molecule has 0 fully saturated rings. The second-order valence-corrected chi connectivity index (χ2v) is 14.1. The summed E-state index contributed by atoms with van der Waals surface area (Å²) in [6.07, 6.45) is 0. The second-order valence-electron chi connectivity index (χ2n) is 14.1. The number of hydrogen-bond acceptors (Lipinski definition) is 2. The third kappa shape index (κ3) is 5.13. The van der Waals surface area contributed by atoms with Gasteiger partial charge in [-0.3, -0.25) is 0 Å². The van der Waals surface area contributed by atoms with Gasteiger partial charge >= 0.3 is 0 Å². The molecular formula is C52H34N2O. The predicted octanol–water partition coefficient (Wildman–Crippen LogP) is 14.6. The number of anilines is 3. The maximum atomic E-state index is 6.36. The standard InChI is InChI=1S/C52H34N2O/c1-2-17-41-36(13-1)14-12-25-48(41)53(47-22-7-3-18-42(47)38-29-32-46-45-21-6-10-26-51(45)55-52(46)34-38)39-30-27-35(28-31-39)37-15-11-16-40(33-37)54-49-23-8-4-19-43(49)44-20-5-9-24-50(44)54/h1-34H. The quantitative estimate of drug-likeness (QED) is 0.172. The van der Waals surface area contributed by atoms with Gasteiger partial charge in [-0.25, -0.2) is 0 Å². The highest BCUT2D eigenvalue weighted by molar-refractivity contribution is 6.10. The van der Waals surface area contributed by atoms with E-state index >= 15 is 0 Å². The van der Waals surface area contributed by atoms with Crippen LogP contribution in [0, 0.1) is 0 Å². The van der Waals surface area contributed by atoms with Crippen LogP contribution in [0.5, 0.6) is 0 Å². The minimum atomic E-state index is 0.887.